The highest BCUT2D eigenvalue weighted by Crippen LogP contribution is 2.47. The van der Waals surface area contributed by atoms with Crippen LogP contribution in [0.4, 0.5) is 0 Å². The molecule has 0 aliphatic heterocycles. The molecule has 1 saturated carbocycles. The highest BCUT2D eigenvalue weighted by Gasteiger charge is 2.40. The van der Waals surface area contributed by atoms with Gasteiger partial charge in [0.25, 0.3) is 0 Å². The Balaban J connectivity index is 2.11. The molecule has 1 fully saturated rings. The summed E-state index contributed by atoms with van der Waals surface area (Å²) in [4.78, 5) is 1.63. The van der Waals surface area contributed by atoms with Crippen molar-refractivity contribution < 1.29 is 0 Å². The van der Waals surface area contributed by atoms with E-state index in [1.54, 1.807) is 4.88 Å². The summed E-state index contributed by atoms with van der Waals surface area (Å²) in [5.74, 6) is 1.69. The molecule has 1 aliphatic rings. The monoisotopic (exact) mass is 209 g/mol. The molecule has 0 bridgehead atoms. The van der Waals surface area contributed by atoms with Crippen molar-refractivity contribution in [1.29, 1.82) is 0 Å². The molecule has 1 N–H and O–H groups in total. The summed E-state index contributed by atoms with van der Waals surface area (Å²) in [5, 5.41) is 5.64. The van der Waals surface area contributed by atoms with Gasteiger partial charge in [-0.15, -0.1) is 11.3 Å². The lowest BCUT2D eigenvalue weighted by Gasteiger charge is -2.44. The molecular weight excluding hydrogens is 190 g/mol. The summed E-state index contributed by atoms with van der Waals surface area (Å²) in [6, 6.07) is 3.01. The van der Waals surface area contributed by atoms with Crippen LogP contribution in [0.2, 0.25) is 0 Å². The van der Waals surface area contributed by atoms with Gasteiger partial charge in [0, 0.05) is 10.9 Å². The normalized spacial score (nSPS) is 31.5. The zero-order valence-electron chi connectivity index (χ0n) is 9.21. The molecule has 1 aliphatic carbocycles. The van der Waals surface area contributed by atoms with Crippen molar-refractivity contribution in [2.24, 2.45) is 5.92 Å². The van der Waals surface area contributed by atoms with Gasteiger partial charge in [-0.3, -0.25) is 0 Å². The summed E-state index contributed by atoms with van der Waals surface area (Å²) >= 11 is 1.94. The number of rotatable bonds is 3. The molecule has 0 spiro atoms. The maximum atomic E-state index is 3.42. The molecule has 1 nitrogen and oxygen atoms in total. The van der Waals surface area contributed by atoms with Gasteiger partial charge in [-0.1, -0.05) is 13.3 Å². The average molecular weight is 209 g/mol. The van der Waals surface area contributed by atoms with E-state index in [2.05, 4.69) is 37.7 Å². The van der Waals surface area contributed by atoms with Crippen molar-refractivity contribution >= 4 is 11.3 Å². The first-order valence-corrected chi connectivity index (χ1v) is 6.37. The summed E-state index contributed by atoms with van der Waals surface area (Å²) in [6.45, 7) is 4.55. The number of nitrogens with one attached hydrogen (secondary N) is 1. The molecule has 78 valence electrons. The van der Waals surface area contributed by atoms with E-state index in [0.717, 1.165) is 17.9 Å². The van der Waals surface area contributed by atoms with Crippen LogP contribution < -0.4 is 5.32 Å². The van der Waals surface area contributed by atoms with Crippen LogP contribution in [0.15, 0.2) is 11.4 Å². The molecule has 0 saturated heterocycles. The first kappa shape index (κ1) is 10.2. The molecule has 3 unspecified atom stereocenters. The minimum absolute atomic E-state index is 0.756. The summed E-state index contributed by atoms with van der Waals surface area (Å²) < 4.78 is 0. The van der Waals surface area contributed by atoms with Crippen LogP contribution in [-0.2, 0) is 0 Å². The fourth-order valence-electron chi connectivity index (χ4n) is 2.67. The predicted octanol–water partition coefficient (Wildman–Crippen LogP) is 3.16. The highest BCUT2D eigenvalue weighted by atomic mass is 32.1. The fourth-order valence-corrected chi connectivity index (χ4v) is 3.79. The summed E-state index contributed by atoms with van der Waals surface area (Å²) in [7, 11) is 2.09. The second-order valence-electron chi connectivity index (χ2n) is 4.28. The molecule has 0 amide bonds. The first-order chi connectivity index (χ1) is 6.77. The second kappa shape index (κ2) is 4.03. The molecule has 1 aromatic heterocycles. The smallest absolute Gasteiger partial charge is 0.0109 e. The third kappa shape index (κ3) is 1.51. The maximum Gasteiger partial charge on any atom is 0.0109 e. The Morgan fingerprint density at radius 2 is 2.36 bits per heavy atom. The Morgan fingerprint density at radius 3 is 2.86 bits per heavy atom. The van der Waals surface area contributed by atoms with Crippen molar-refractivity contribution in [3.05, 3.63) is 21.9 Å². The second-order valence-corrected chi connectivity index (χ2v) is 5.23. The van der Waals surface area contributed by atoms with Gasteiger partial charge in [-0.2, -0.15) is 0 Å². The minimum atomic E-state index is 0.756. The molecule has 2 heteroatoms. The topological polar surface area (TPSA) is 12.0 Å². The van der Waals surface area contributed by atoms with Gasteiger partial charge in [0.05, 0.1) is 0 Å². The Hall–Kier alpha value is -0.340. The van der Waals surface area contributed by atoms with Crippen LogP contribution in [0.1, 0.15) is 36.1 Å². The fraction of sp³-hybridized carbons (Fsp3) is 0.667. The van der Waals surface area contributed by atoms with Crippen molar-refractivity contribution in [3.8, 4) is 0 Å². The van der Waals surface area contributed by atoms with E-state index >= 15 is 0 Å². The van der Waals surface area contributed by atoms with Crippen LogP contribution >= 0.6 is 11.3 Å². The van der Waals surface area contributed by atoms with Gasteiger partial charge < -0.3 is 5.32 Å². The van der Waals surface area contributed by atoms with E-state index in [1.165, 1.54) is 18.4 Å². The van der Waals surface area contributed by atoms with Crippen LogP contribution in [0.5, 0.6) is 0 Å². The van der Waals surface area contributed by atoms with Crippen molar-refractivity contribution in [1.82, 2.24) is 5.32 Å². The lowest BCUT2D eigenvalue weighted by Crippen LogP contribution is -2.47. The summed E-state index contributed by atoms with van der Waals surface area (Å²) in [5.41, 5.74) is 1.49. The predicted molar refractivity (Wildman–Crippen MR) is 63.0 cm³/mol. The SMILES string of the molecule is CCC1C(NC)CC1c1sccc1C. The van der Waals surface area contributed by atoms with Gasteiger partial charge in [-0.25, -0.2) is 0 Å². The number of hydrogen-bond acceptors (Lipinski definition) is 2. The average Bonchev–Trinajstić information content (AvgIpc) is 2.52. The van der Waals surface area contributed by atoms with E-state index in [4.69, 9.17) is 0 Å². The van der Waals surface area contributed by atoms with Crippen LogP contribution in [-0.4, -0.2) is 13.1 Å². The standard InChI is InChI=1S/C12H19NS/c1-4-9-10(7-11(9)13-3)12-8(2)5-6-14-12/h5-6,9-11,13H,4,7H2,1-3H3. The van der Waals surface area contributed by atoms with Gasteiger partial charge in [-0.05, 0) is 49.2 Å². The lowest BCUT2D eigenvalue weighted by molar-refractivity contribution is 0.171. The Morgan fingerprint density at radius 1 is 1.57 bits per heavy atom. The van der Waals surface area contributed by atoms with Gasteiger partial charge in [0.2, 0.25) is 0 Å². The Bertz CT molecular complexity index is 305. The summed E-state index contributed by atoms with van der Waals surface area (Å²) in [6.07, 6.45) is 2.63. The zero-order chi connectivity index (χ0) is 10.1. The van der Waals surface area contributed by atoms with Gasteiger partial charge in [0.1, 0.15) is 0 Å². The van der Waals surface area contributed by atoms with E-state index in [9.17, 15) is 0 Å². The maximum absolute atomic E-state index is 3.42. The molecule has 1 aromatic rings. The molecule has 1 heterocycles. The Labute approximate surface area is 90.5 Å². The molecular formula is C12H19NS. The lowest BCUT2D eigenvalue weighted by atomic mass is 9.67. The largest absolute Gasteiger partial charge is 0.317 e. The van der Waals surface area contributed by atoms with Gasteiger partial charge in [0.15, 0.2) is 0 Å². The Kier molecular flexibility index (Phi) is 2.93. The van der Waals surface area contributed by atoms with Crippen LogP contribution in [0.25, 0.3) is 0 Å². The molecule has 14 heavy (non-hydrogen) atoms. The number of thiophene rings is 1. The van der Waals surface area contributed by atoms with Crippen LogP contribution in [0.3, 0.4) is 0 Å². The third-order valence-corrected chi connectivity index (χ3v) is 4.77. The van der Waals surface area contributed by atoms with E-state index in [0.29, 0.717) is 0 Å². The quantitative estimate of drug-likeness (QED) is 0.806. The van der Waals surface area contributed by atoms with Gasteiger partial charge >= 0.3 is 0 Å². The molecule has 3 atom stereocenters. The molecule has 2 rings (SSSR count). The van der Waals surface area contributed by atoms with E-state index in [1.807, 2.05) is 11.3 Å². The first-order valence-electron chi connectivity index (χ1n) is 5.49. The molecule has 0 aromatic carbocycles. The zero-order valence-corrected chi connectivity index (χ0v) is 10.0. The van der Waals surface area contributed by atoms with E-state index < -0.39 is 0 Å². The van der Waals surface area contributed by atoms with Crippen LogP contribution in [0, 0.1) is 12.8 Å². The molecule has 0 radical (unpaired) electrons. The van der Waals surface area contributed by atoms with Crippen molar-refractivity contribution in [2.75, 3.05) is 7.05 Å². The number of hydrogen-bond donors (Lipinski definition) is 1. The van der Waals surface area contributed by atoms with E-state index in [-0.39, 0.29) is 0 Å². The highest BCUT2D eigenvalue weighted by molar-refractivity contribution is 7.10. The van der Waals surface area contributed by atoms with Crippen molar-refractivity contribution in [3.63, 3.8) is 0 Å². The third-order valence-electron chi connectivity index (χ3n) is 3.62. The number of aryl methyl sites for hydroxylation is 1. The minimum Gasteiger partial charge on any atom is -0.317 e. The van der Waals surface area contributed by atoms with Crippen molar-refractivity contribution in [2.45, 2.75) is 38.6 Å².